The summed E-state index contributed by atoms with van der Waals surface area (Å²) in [7, 11) is 0. The van der Waals surface area contributed by atoms with Gasteiger partial charge in [-0.3, -0.25) is 9.59 Å². The Hall–Kier alpha value is -2.89. The standard InChI is InChI=1S/C22H25FN2O3/c1-2-28-18-11-9-16(10-12-18)14-24-21(26)17-6-5-13-25(15-17)22(27)19-7-3-4-8-20(19)23/h3-4,7-12,17H,2,5-6,13-15H2,1H3,(H,24,26)/t17-/m1/s1. The summed E-state index contributed by atoms with van der Waals surface area (Å²) in [6, 6.07) is 13.5. The highest BCUT2D eigenvalue weighted by Gasteiger charge is 2.29. The van der Waals surface area contributed by atoms with E-state index in [2.05, 4.69) is 5.32 Å². The Labute approximate surface area is 164 Å². The lowest BCUT2D eigenvalue weighted by Gasteiger charge is -2.32. The predicted octanol–water partition coefficient (Wildman–Crippen LogP) is 3.39. The summed E-state index contributed by atoms with van der Waals surface area (Å²) in [6.07, 6.45) is 1.44. The fraction of sp³-hybridized carbons (Fsp3) is 0.364. The minimum absolute atomic E-state index is 0.0537. The maximum Gasteiger partial charge on any atom is 0.256 e. The Morgan fingerprint density at radius 1 is 1.18 bits per heavy atom. The molecule has 1 saturated heterocycles. The normalized spacial score (nSPS) is 16.5. The van der Waals surface area contributed by atoms with Gasteiger partial charge in [-0.05, 0) is 49.6 Å². The molecule has 148 valence electrons. The third-order valence-corrected chi connectivity index (χ3v) is 4.88. The minimum atomic E-state index is -0.533. The maximum absolute atomic E-state index is 13.9. The highest BCUT2D eigenvalue weighted by Crippen LogP contribution is 2.20. The number of ether oxygens (including phenoxy) is 1. The minimum Gasteiger partial charge on any atom is -0.494 e. The molecule has 2 aromatic carbocycles. The third kappa shape index (κ3) is 4.88. The zero-order valence-corrected chi connectivity index (χ0v) is 16.0. The summed E-state index contributed by atoms with van der Waals surface area (Å²) < 4.78 is 19.3. The van der Waals surface area contributed by atoms with E-state index in [1.165, 1.54) is 12.1 Å². The van der Waals surface area contributed by atoms with E-state index < -0.39 is 5.82 Å². The molecule has 0 aromatic heterocycles. The molecule has 0 unspecified atom stereocenters. The highest BCUT2D eigenvalue weighted by atomic mass is 19.1. The summed E-state index contributed by atoms with van der Waals surface area (Å²) in [5.74, 6) is -0.462. The van der Waals surface area contributed by atoms with Gasteiger partial charge in [-0.1, -0.05) is 24.3 Å². The predicted molar refractivity (Wildman–Crippen MR) is 104 cm³/mol. The number of carbonyl (C=O) groups is 2. The van der Waals surface area contributed by atoms with Crippen LogP contribution in [0, 0.1) is 11.7 Å². The topological polar surface area (TPSA) is 58.6 Å². The first-order chi connectivity index (χ1) is 13.6. The number of amides is 2. The van der Waals surface area contributed by atoms with E-state index in [4.69, 9.17) is 4.74 Å². The fourth-order valence-electron chi connectivity index (χ4n) is 3.38. The molecule has 0 aliphatic carbocycles. The van der Waals surface area contributed by atoms with Crippen LogP contribution in [-0.2, 0) is 11.3 Å². The molecular weight excluding hydrogens is 359 g/mol. The van der Waals surface area contributed by atoms with Crippen LogP contribution in [0.3, 0.4) is 0 Å². The monoisotopic (exact) mass is 384 g/mol. The molecule has 2 amide bonds. The second-order valence-electron chi connectivity index (χ2n) is 6.86. The SMILES string of the molecule is CCOc1ccc(CNC(=O)[C@@H]2CCCN(C(=O)c3ccccc3F)C2)cc1. The van der Waals surface area contributed by atoms with Gasteiger partial charge in [-0.2, -0.15) is 0 Å². The van der Waals surface area contributed by atoms with Crippen molar-refractivity contribution in [2.75, 3.05) is 19.7 Å². The van der Waals surface area contributed by atoms with E-state index in [9.17, 15) is 14.0 Å². The van der Waals surface area contributed by atoms with Crippen LogP contribution in [0.5, 0.6) is 5.75 Å². The van der Waals surface area contributed by atoms with Gasteiger partial charge in [0.25, 0.3) is 5.91 Å². The Kier molecular flexibility index (Phi) is 6.63. The van der Waals surface area contributed by atoms with Crippen molar-refractivity contribution in [2.24, 2.45) is 5.92 Å². The van der Waals surface area contributed by atoms with Crippen LogP contribution in [-0.4, -0.2) is 36.4 Å². The van der Waals surface area contributed by atoms with E-state index >= 15 is 0 Å². The van der Waals surface area contributed by atoms with Crippen LogP contribution in [0.2, 0.25) is 0 Å². The number of rotatable bonds is 6. The van der Waals surface area contributed by atoms with Crippen molar-refractivity contribution in [2.45, 2.75) is 26.3 Å². The average molecular weight is 384 g/mol. The van der Waals surface area contributed by atoms with Crippen LogP contribution < -0.4 is 10.1 Å². The smallest absolute Gasteiger partial charge is 0.256 e. The number of piperidine rings is 1. The van der Waals surface area contributed by atoms with Crippen molar-refractivity contribution in [1.82, 2.24) is 10.2 Å². The van der Waals surface area contributed by atoms with Crippen molar-refractivity contribution in [3.8, 4) is 5.75 Å². The molecule has 1 heterocycles. The van der Waals surface area contributed by atoms with E-state index in [1.54, 1.807) is 17.0 Å². The number of carbonyl (C=O) groups excluding carboxylic acids is 2. The number of likely N-dealkylation sites (tertiary alicyclic amines) is 1. The molecule has 0 radical (unpaired) electrons. The number of benzene rings is 2. The van der Waals surface area contributed by atoms with Crippen LogP contribution in [0.1, 0.15) is 35.7 Å². The summed E-state index contributed by atoms with van der Waals surface area (Å²) >= 11 is 0. The molecule has 1 N–H and O–H groups in total. The molecule has 6 heteroatoms. The van der Waals surface area contributed by atoms with E-state index in [-0.39, 0.29) is 23.3 Å². The number of hydrogen-bond donors (Lipinski definition) is 1. The van der Waals surface area contributed by atoms with Gasteiger partial charge in [-0.15, -0.1) is 0 Å². The number of halogens is 1. The fourth-order valence-corrected chi connectivity index (χ4v) is 3.38. The summed E-state index contributed by atoms with van der Waals surface area (Å²) in [5.41, 5.74) is 1.03. The van der Waals surface area contributed by atoms with Gasteiger partial charge in [0.05, 0.1) is 18.1 Å². The van der Waals surface area contributed by atoms with Gasteiger partial charge in [-0.25, -0.2) is 4.39 Å². The van der Waals surface area contributed by atoms with E-state index in [0.29, 0.717) is 26.2 Å². The van der Waals surface area contributed by atoms with Gasteiger partial charge >= 0.3 is 0 Å². The zero-order valence-electron chi connectivity index (χ0n) is 16.0. The molecule has 0 saturated carbocycles. The van der Waals surface area contributed by atoms with Crippen LogP contribution in [0.4, 0.5) is 4.39 Å². The van der Waals surface area contributed by atoms with E-state index in [0.717, 1.165) is 24.2 Å². The van der Waals surface area contributed by atoms with Gasteiger partial charge < -0.3 is 15.0 Å². The highest BCUT2D eigenvalue weighted by molar-refractivity contribution is 5.95. The van der Waals surface area contributed by atoms with Crippen molar-refractivity contribution in [1.29, 1.82) is 0 Å². The molecule has 5 nitrogen and oxygen atoms in total. The Balaban J connectivity index is 1.55. The molecule has 1 fully saturated rings. The van der Waals surface area contributed by atoms with Gasteiger partial charge in [0.15, 0.2) is 0 Å². The molecule has 1 aliphatic heterocycles. The molecular formula is C22H25FN2O3. The molecule has 28 heavy (non-hydrogen) atoms. The molecule has 2 aromatic rings. The summed E-state index contributed by atoms with van der Waals surface area (Å²) in [5, 5.41) is 2.94. The molecule has 1 atom stereocenters. The Morgan fingerprint density at radius 2 is 1.93 bits per heavy atom. The summed E-state index contributed by atoms with van der Waals surface area (Å²) in [6.45, 7) is 3.81. The van der Waals surface area contributed by atoms with Crippen LogP contribution in [0.15, 0.2) is 48.5 Å². The van der Waals surface area contributed by atoms with Crippen LogP contribution in [0.25, 0.3) is 0 Å². The maximum atomic E-state index is 13.9. The molecule has 3 rings (SSSR count). The van der Waals surface area contributed by atoms with Crippen molar-refractivity contribution >= 4 is 11.8 Å². The molecule has 1 aliphatic rings. The van der Waals surface area contributed by atoms with Crippen molar-refractivity contribution in [3.63, 3.8) is 0 Å². The lowest BCUT2D eigenvalue weighted by Crippen LogP contribution is -2.45. The second-order valence-corrected chi connectivity index (χ2v) is 6.86. The second kappa shape index (κ2) is 9.35. The largest absolute Gasteiger partial charge is 0.494 e. The lowest BCUT2D eigenvalue weighted by molar-refractivity contribution is -0.126. The lowest BCUT2D eigenvalue weighted by atomic mass is 9.96. The van der Waals surface area contributed by atoms with Gasteiger partial charge in [0.1, 0.15) is 11.6 Å². The van der Waals surface area contributed by atoms with Crippen molar-refractivity contribution < 1.29 is 18.7 Å². The Morgan fingerprint density at radius 3 is 2.64 bits per heavy atom. The summed E-state index contributed by atoms with van der Waals surface area (Å²) in [4.78, 5) is 26.7. The van der Waals surface area contributed by atoms with Crippen LogP contribution >= 0.6 is 0 Å². The van der Waals surface area contributed by atoms with E-state index in [1.807, 2.05) is 31.2 Å². The molecule has 0 bridgehead atoms. The first kappa shape index (κ1) is 19.9. The zero-order chi connectivity index (χ0) is 19.9. The third-order valence-electron chi connectivity index (χ3n) is 4.88. The number of hydrogen-bond acceptors (Lipinski definition) is 3. The quantitative estimate of drug-likeness (QED) is 0.831. The first-order valence-electron chi connectivity index (χ1n) is 9.61. The average Bonchev–Trinajstić information content (AvgIpc) is 2.73. The Bertz CT molecular complexity index is 823. The van der Waals surface area contributed by atoms with Crippen molar-refractivity contribution in [3.05, 3.63) is 65.5 Å². The van der Waals surface area contributed by atoms with Gasteiger partial charge in [0.2, 0.25) is 5.91 Å². The first-order valence-corrected chi connectivity index (χ1v) is 9.61. The number of nitrogens with zero attached hydrogens (tertiary/aromatic N) is 1. The number of nitrogens with one attached hydrogen (secondary N) is 1. The molecule has 0 spiro atoms. The van der Waals surface area contributed by atoms with Gasteiger partial charge in [0, 0.05) is 19.6 Å².